The molecule has 0 aliphatic rings. The zero-order valence-electron chi connectivity index (χ0n) is 7.73. The topological polar surface area (TPSA) is 93.8 Å². The van der Waals surface area contributed by atoms with E-state index in [2.05, 4.69) is 20.5 Å². The van der Waals surface area contributed by atoms with Crippen molar-refractivity contribution in [2.45, 2.75) is 13.0 Å². The minimum Gasteiger partial charge on any atom is -0.480 e. The minimum absolute atomic E-state index is 0.424. The van der Waals surface area contributed by atoms with Crippen molar-refractivity contribution in [3.63, 3.8) is 0 Å². The van der Waals surface area contributed by atoms with Crippen LogP contribution in [-0.2, 0) is 4.79 Å². The molecule has 78 valence electrons. The molecule has 0 aromatic carbocycles. The number of hydrogen-bond acceptors (Lipinski definition) is 6. The van der Waals surface area contributed by atoms with Gasteiger partial charge in [0.15, 0.2) is 11.9 Å². The molecule has 2 rings (SSSR count). The first kappa shape index (κ1) is 9.71. The highest BCUT2D eigenvalue weighted by atomic mass is 32.1. The predicted octanol–water partition coefficient (Wildman–Crippen LogP) is 0.442. The summed E-state index contributed by atoms with van der Waals surface area (Å²) in [6.07, 6.45) is 1.60. The summed E-state index contributed by atoms with van der Waals surface area (Å²) in [5, 5.41) is 19.7. The van der Waals surface area contributed by atoms with Gasteiger partial charge in [-0.15, -0.1) is 16.4 Å². The first-order valence-electron chi connectivity index (χ1n) is 4.09. The highest BCUT2D eigenvalue weighted by Crippen LogP contribution is 2.22. The molecule has 0 bridgehead atoms. The van der Waals surface area contributed by atoms with Gasteiger partial charge >= 0.3 is 5.97 Å². The molecule has 7 nitrogen and oxygen atoms in total. The summed E-state index contributed by atoms with van der Waals surface area (Å²) < 4.78 is 1.26. The highest BCUT2D eigenvalue weighted by molar-refractivity contribution is 7.13. The van der Waals surface area contributed by atoms with E-state index in [9.17, 15) is 4.79 Å². The second kappa shape index (κ2) is 3.73. The third kappa shape index (κ3) is 1.71. The summed E-state index contributed by atoms with van der Waals surface area (Å²) in [6.45, 7) is 1.52. The van der Waals surface area contributed by atoms with Gasteiger partial charge in [0.2, 0.25) is 0 Å². The molecule has 1 unspecified atom stereocenters. The molecule has 0 aliphatic heterocycles. The van der Waals surface area contributed by atoms with Crippen molar-refractivity contribution < 1.29 is 9.90 Å². The lowest BCUT2D eigenvalue weighted by atomic mass is 10.3. The van der Waals surface area contributed by atoms with Crippen LogP contribution in [0.4, 0.5) is 0 Å². The standard InChI is InChI=1S/C7H7N5O2S/c1-4(7(13)14)12-6(9-10-11-12)5-2-8-3-15-5/h2-4H,1H3,(H,13,14). The number of carboxylic acid groups (broad SMARTS) is 1. The second-order valence-electron chi connectivity index (χ2n) is 2.83. The molecule has 0 saturated heterocycles. The van der Waals surface area contributed by atoms with Crippen molar-refractivity contribution in [3.8, 4) is 10.7 Å². The molecule has 0 radical (unpaired) electrons. The van der Waals surface area contributed by atoms with E-state index in [1.165, 1.54) is 22.9 Å². The van der Waals surface area contributed by atoms with Crippen LogP contribution < -0.4 is 0 Å². The van der Waals surface area contributed by atoms with Crippen LogP contribution in [0.2, 0.25) is 0 Å². The Morgan fingerprint density at radius 1 is 1.67 bits per heavy atom. The largest absolute Gasteiger partial charge is 0.480 e. The van der Waals surface area contributed by atoms with E-state index < -0.39 is 12.0 Å². The second-order valence-corrected chi connectivity index (χ2v) is 3.71. The minimum atomic E-state index is -0.979. The monoisotopic (exact) mass is 225 g/mol. The maximum absolute atomic E-state index is 10.8. The number of aromatic nitrogens is 5. The van der Waals surface area contributed by atoms with E-state index >= 15 is 0 Å². The Balaban J connectivity index is 2.43. The van der Waals surface area contributed by atoms with Crippen molar-refractivity contribution in [2.24, 2.45) is 0 Å². The number of nitrogens with zero attached hydrogens (tertiary/aromatic N) is 5. The third-order valence-corrected chi connectivity index (χ3v) is 2.64. The van der Waals surface area contributed by atoms with E-state index in [1.807, 2.05) is 0 Å². The van der Waals surface area contributed by atoms with Crippen LogP contribution in [0.5, 0.6) is 0 Å². The fraction of sp³-hybridized carbons (Fsp3) is 0.286. The Bertz CT molecular complexity index is 465. The van der Waals surface area contributed by atoms with Crippen LogP contribution in [0.1, 0.15) is 13.0 Å². The summed E-state index contributed by atoms with van der Waals surface area (Å²) in [6, 6.07) is -0.794. The zero-order valence-corrected chi connectivity index (χ0v) is 8.55. The van der Waals surface area contributed by atoms with E-state index in [0.29, 0.717) is 5.82 Å². The van der Waals surface area contributed by atoms with Crippen molar-refractivity contribution in [2.75, 3.05) is 0 Å². The van der Waals surface area contributed by atoms with E-state index in [0.717, 1.165) is 4.88 Å². The van der Waals surface area contributed by atoms with Gasteiger partial charge in [0.25, 0.3) is 0 Å². The van der Waals surface area contributed by atoms with E-state index in [1.54, 1.807) is 11.7 Å². The van der Waals surface area contributed by atoms with E-state index in [4.69, 9.17) is 5.11 Å². The molecule has 0 fully saturated rings. The number of carboxylic acids is 1. The van der Waals surface area contributed by atoms with Crippen LogP contribution in [-0.4, -0.2) is 36.3 Å². The summed E-state index contributed by atoms with van der Waals surface area (Å²) >= 11 is 1.36. The van der Waals surface area contributed by atoms with Crippen molar-refractivity contribution in [1.82, 2.24) is 25.2 Å². The van der Waals surface area contributed by atoms with Gasteiger partial charge in [-0.25, -0.2) is 9.48 Å². The van der Waals surface area contributed by atoms with Crippen molar-refractivity contribution in [3.05, 3.63) is 11.7 Å². The summed E-state index contributed by atoms with van der Waals surface area (Å²) in [5.41, 5.74) is 1.64. The fourth-order valence-electron chi connectivity index (χ4n) is 1.05. The van der Waals surface area contributed by atoms with Crippen LogP contribution in [0.15, 0.2) is 11.7 Å². The lowest BCUT2D eigenvalue weighted by Crippen LogP contribution is -2.17. The summed E-state index contributed by atoms with van der Waals surface area (Å²) in [5.74, 6) is -0.555. The van der Waals surface area contributed by atoms with Gasteiger partial charge in [0.1, 0.15) is 0 Å². The van der Waals surface area contributed by atoms with Gasteiger partial charge < -0.3 is 5.11 Å². The number of hydrogen-bond donors (Lipinski definition) is 1. The fourth-order valence-corrected chi connectivity index (χ4v) is 1.64. The van der Waals surface area contributed by atoms with Gasteiger partial charge in [-0.1, -0.05) is 0 Å². The number of rotatable bonds is 3. The third-order valence-electron chi connectivity index (χ3n) is 1.87. The highest BCUT2D eigenvalue weighted by Gasteiger charge is 2.20. The molecule has 0 spiro atoms. The van der Waals surface area contributed by atoms with Crippen molar-refractivity contribution >= 4 is 17.3 Å². The Morgan fingerprint density at radius 2 is 2.47 bits per heavy atom. The molecular weight excluding hydrogens is 218 g/mol. The van der Waals surface area contributed by atoms with Gasteiger partial charge in [-0.05, 0) is 17.4 Å². The molecule has 8 heteroatoms. The normalized spacial score (nSPS) is 12.6. The lowest BCUT2D eigenvalue weighted by molar-refractivity contribution is -0.140. The van der Waals surface area contributed by atoms with Gasteiger partial charge in [0, 0.05) is 6.20 Å². The molecule has 2 aromatic rings. The Morgan fingerprint density at radius 3 is 3.07 bits per heavy atom. The molecule has 15 heavy (non-hydrogen) atoms. The zero-order chi connectivity index (χ0) is 10.8. The van der Waals surface area contributed by atoms with E-state index in [-0.39, 0.29) is 0 Å². The Kier molecular flexibility index (Phi) is 2.42. The van der Waals surface area contributed by atoms with Crippen molar-refractivity contribution in [1.29, 1.82) is 0 Å². The van der Waals surface area contributed by atoms with Gasteiger partial charge in [0.05, 0.1) is 10.4 Å². The number of tetrazole rings is 1. The van der Waals surface area contributed by atoms with Gasteiger partial charge in [-0.3, -0.25) is 4.98 Å². The van der Waals surface area contributed by atoms with Crippen LogP contribution in [0, 0.1) is 0 Å². The lowest BCUT2D eigenvalue weighted by Gasteiger charge is -2.06. The van der Waals surface area contributed by atoms with Crippen LogP contribution in [0.3, 0.4) is 0 Å². The molecule has 0 aliphatic carbocycles. The smallest absolute Gasteiger partial charge is 0.328 e. The average Bonchev–Trinajstić information content (AvgIpc) is 2.86. The molecule has 1 atom stereocenters. The molecule has 0 saturated carbocycles. The molecule has 2 aromatic heterocycles. The first-order chi connectivity index (χ1) is 7.20. The van der Waals surface area contributed by atoms with Crippen LogP contribution >= 0.6 is 11.3 Å². The maximum Gasteiger partial charge on any atom is 0.328 e. The SMILES string of the molecule is CC(C(=O)O)n1nnnc1-c1cncs1. The average molecular weight is 225 g/mol. The van der Waals surface area contributed by atoms with Gasteiger partial charge in [-0.2, -0.15) is 0 Å². The number of carbonyl (C=O) groups is 1. The first-order valence-corrected chi connectivity index (χ1v) is 4.97. The molecule has 0 amide bonds. The Hall–Kier alpha value is -1.83. The van der Waals surface area contributed by atoms with Crippen LogP contribution in [0.25, 0.3) is 10.7 Å². The Labute approximate surface area is 88.4 Å². The molecular formula is C7H7N5O2S. The summed E-state index contributed by atoms with van der Waals surface area (Å²) in [4.78, 5) is 15.4. The quantitative estimate of drug-likeness (QED) is 0.814. The molecule has 1 N–H and O–H groups in total. The molecule has 2 heterocycles. The maximum atomic E-state index is 10.8. The number of thiazole rings is 1. The number of aliphatic carboxylic acids is 1. The summed E-state index contributed by atoms with van der Waals surface area (Å²) in [7, 11) is 0. The predicted molar refractivity (Wildman–Crippen MR) is 51.3 cm³/mol.